The first kappa shape index (κ1) is 11.9. The minimum atomic E-state index is 0.783. The lowest BCUT2D eigenvalue weighted by Gasteiger charge is -2.16. The Morgan fingerprint density at radius 1 is 1.21 bits per heavy atom. The Morgan fingerprint density at radius 3 is 2.84 bits per heavy atom. The summed E-state index contributed by atoms with van der Waals surface area (Å²) in [6, 6.07) is 9.83. The van der Waals surface area contributed by atoms with Crippen LogP contribution in [0.3, 0.4) is 0 Å². The van der Waals surface area contributed by atoms with Crippen molar-refractivity contribution in [1.82, 2.24) is 15.5 Å². The number of nitrogens with one attached hydrogen (secondary N) is 2. The molecule has 98 valence electrons. The van der Waals surface area contributed by atoms with Crippen LogP contribution in [0.2, 0.25) is 0 Å². The van der Waals surface area contributed by atoms with E-state index in [1.165, 1.54) is 5.56 Å². The Hall–Kier alpha value is -2.14. The number of rotatable bonds is 3. The van der Waals surface area contributed by atoms with Crippen LogP contribution in [0.1, 0.15) is 11.3 Å². The van der Waals surface area contributed by atoms with Crippen molar-refractivity contribution in [3.8, 4) is 5.75 Å². The van der Waals surface area contributed by atoms with Gasteiger partial charge in [-0.25, -0.2) is 0 Å². The molecule has 5 heteroatoms. The van der Waals surface area contributed by atoms with Gasteiger partial charge >= 0.3 is 0 Å². The van der Waals surface area contributed by atoms with E-state index in [-0.39, 0.29) is 0 Å². The van der Waals surface area contributed by atoms with Gasteiger partial charge in [-0.2, -0.15) is 5.10 Å². The molecule has 0 unspecified atom stereocenters. The fraction of sp³-hybridized carbons (Fsp3) is 0.286. The van der Waals surface area contributed by atoms with Crippen LogP contribution >= 0.6 is 0 Å². The van der Waals surface area contributed by atoms with E-state index in [4.69, 9.17) is 4.74 Å². The topological polar surface area (TPSA) is 59.1 Å². The van der Waals surface area contributed by atoms with Gasteiger partial charge in [-0.15, -0.1) is 5.10 Å². The molecule has 0 bridgehead atoms. The van der Waals surface area contributed by atoms with E-state index >= 15 is 0 Å². The van der Waals surface area contributed by atoms with Crippen molar-refractivity contribution in [2.24, 2.45) is 0 Å². The van der Waals surface area contributed by atoms with E-state index in [0.717, 1.165) is 42.5 Å². The maximum Gasteiger partial charge on any atom is 0.153 e. The van der Waals surface area contributed by atoms with Crippen LogP contribution < -0.4 is 15.4 Å². The number of anilines is 2. The predicted molar refractivity (Wildman–Crippen MR) is 73.7 cm³/mol. The molecule has 1 aromatic carbocycles. The van der Waals surface area contributed by atoms with Gasteiger partial charge in [-0.1, -0.05) is 0 Å². The average molecular weight is 256 g/mol. The molecule has 0 aliphatic carbocycles. The van der Waals surface area contributed by atoms with Gasteiger partial charge in [0.25, 0.3) is 0 Å². The molecule has 2 aromatic rings. The highest BCUT2D eigenvalue weighted by atomic mass is 16.5. The number of methoxy groups -OCH3 is 1. The Morgan fingerprint density at radius 2 is 2.05 bits per heavy atom. The van der Waals surface area contributed by atoms with Gasteiger partial charge in [0.15, 0.2) is 5.82 Å². The van der Waals surface area contributed by atoms with Gasteiger partial charge in [0.05, 0.1) is 12.8 Å². The first-order valence-corrected chi connectivity index (χ1v) is 6.32. The van der Waals surface area contributed by atoms with Crippen molar-refractivity contribution in [3.63, 3.8) is 0 Å². The molecule has 1 aliphatic rings. The normalized spacial score (nSPS) is 13.7. The second-order valence-corrected chi connectivity index (χ2v) is 4.48. The molecular weight excluding hydrogens is 240 g/mol. The third-order valence-corrected chi connectivity index (χ3v) is 3.19. The Labute approximate surface area is 112 Å². The van der Waals surface area contributed by atoms with E-state index in [1.807, 2.05) is 24.3 Å². The number of benzene rings is 1. The van der Waals surface area contributed by atoms with Crippen molar-refractivity contribution < 1.29 is 4.74 Å². The number of hydrogen-bond donors (Lipinski definition) is 2. The molecule has 2 heterocycles. The monoisotopic (exact) mass is 256 g/mol. The van der Waals surface area contributed by atoms with Gasteiger partial charge in [0.2, 0.25) is 0 Å². The molecular formula is C14H16N4O. The van der Waals surface area contributed by atoms with Gasteiger partial charge in [-0.3, -0.25) is 0 Å². The van der Waals surface area contributed by atoms with Crippen LogP contribution in [0.15, 0.2) is 30.3 Å². The summed E-state index contributed by atoms with van der Waals surface area (Å²) in [5.41, 5.74) is 3.29. The zero-order valence-electron chi connectivity index (χ0n) is 10.8. The van der Waals surface area contributed by atoms with Gasteiger partial charge in [0, 0.05) is 12.2 Å². The molecule has 3 rings (SSSR count). The van der Waals surface area contributed by atoms with Gasteiger partial charge in [-0.05, 0) is 48.9 Å². The minimum absolute atomic E-state index is 0.783. The number of aromatic nitrogens is 2. The molecule has 0 spiro atoms. The molecule has 19 heavy (non-hydrogen) atoms. The number of fused-ring (bicyclic) bond motifs is 1. The van der Waals surface area contributed by atoms with Crippen molar-refractivity contribution >= 4 is 11.5 Å². The van der Waals surface area contributed by atoms with E-state index in [2.05, 4.69) is 26.9 Å². The van der Waals surface area contributed by atoms with E-state index in [1.54, 1.807) is 7.11 Å². The summed E-state index contributed by atoms with van der Waals surface area (Å²) >= 11 is 0. The summed E-state index contributed by atoms with van der Waals surface area (Å²) in [7, 11) is 1.66. The SMILES string of the molecule is COc1ccc(Nc2cc3c(nn2)CNCC3)cc1. The number of hydrogen-bond acceptors (Lipinski definition) is 5. The lowest BCUT2D eigenvalue weighted by atomic mass is 10.1. The molecule has 1 aliphatic heterocycles. The first-order chi connectivity index (χ1) is 9.35. The molecule has 0 saturated heterocycles. The van der Waals surface area contributed by atoms with Crippen LogP contribution in [-0.2, 0) is 13.0 Å². The summed E-state index contributed by atoms with van der Waals surface area (Å²) in [5, 5.41) is 15.0. The summed E-state index contributed by atoms with van der Waals surface area (Å²) < 4.78 is 5.13. The zero-order valence-corrected chi connectivity index (χ0v) is 10.8. The van der Waals surface area contributed by atoms with E-state index in [9.17, 15) is 0 Å². The van der Waals surface area contributed by atoms with Crippen molar-refractivity contribution in [1.29, 1.82) is 0 Å². The number of ether oxygens (including phenoxy) is 1. The third-order valence-electron chi connectivity index (χ3n) is 3.19. The van der Waals surface area contributed by atoms with Crippen LogP contribution in [0.4, 0.5) is 11.5 Å². The van der Waals surface area contributed by atoms with Crippen LogP contribution in [-0.4, -0.2) is 23.9 Å². The van der Waals surface area contributed by atoms with Crippen LogP contribution in [0.25, 0.3) is 0 Å². The van der Waals surface area contributed by atoms with Gasteiger partial charge < -0.3 is 15.4 Å². The largest absolute Gasteiger partial charge is 0.497 e. The Kier molecular flexibility index (Phi) is 3.29. The molecule has 0 amide bonds. The fourth-order valence-corrected chi connectivity index (χ4v) is 2.13. The molecule has 2 N–H and O–H groups in total. The van der Waals surface area contributed by atoms with Crippen LogP contribution in [0, 0.1) is 0 Å². The fourth-order valence-electron chi connectivity index (χ4n) is 2.13. The van der Waals surface area contributed by atoms with Crippen LogP contribution in [0.5, 0.6) is 5.75 Å². The van der Waals surface area contributed by atoms with Crippen molar-refractivity contribution in [3.05, 3.63) is 41.6 Å². The standard InChI is InChI=1S/C14H16N4O/c1-19-12-4-2-11(3-5-12)16-14-8-10-6-7-15-9-13(10)17-18-14/h2-5,8,15H,6-7,9H2,1H3,(H,16,18). The minimum Gasteiger partial charge on any atom is -0.497 e. The summed E-state index contributed by atoms with van der Waals surface area (Å²) in [4.78, 5) is 0. The average Bonchev–Trinajstić information content (AvgIpc) is 2.48. The third kappa shape index (κ3) is 2.66. The maximum atomic E-state index is 5.13. The molecule has 1 aromatic heterocycles. The highest BCUT2D eigenvalue weighted by molar-refractivity contribution is 5.57. The molecule has 0 saturated carbocycles. The maximum absolute atomic E-state index is 5.13. The Balaban J connectivity index is 1.78. The smallest absolute Gasteiger partial charge is 0.153 e. The zero-order chi connectivity index (χ0) is 13.1. The summed E-state index contributed by atoms with van der Waals surface area (Å²) in [5.74, 6) is 1.62. The summed E-state index contributed by atoms with van der Waals surface area (Å²) in [6.45, 7) is 1.81. The molecule has 0 radical (unpaired) electrons. The van der Waals surface area contributed by atoms with E-state index in [0.29, 0.717) is 0 Å². The lowest BCUT2D eigenvalue weighted by Crippen LogP contribution is -2.25. The lowest BCUT2D eigenvalue weighted by molar-refractivity contribution is 0.415. The van der Waals surface area contributed by atoms with Gasteiger partial charge in [0.1, 0.15) is 5.75 Å². The molecule has 0 atom stereocenters. The summed E-state index contributed by atoms with van der Waals surface area (Å²) in [6.07, 6.45) is 1.00. The van der Waals surface area contributed by atoms with E-state index < -0.39 is 0 Å². The first-order valence-electron chi connectivity index (χ1n) is 6.32. The molecule has 0 fully saturated rings. The number of nitrogens with zero attached hydrogens (tertiary/aromatic N) is 2. The Bertz CT molecular complexity index is 568. The predicted octanol–water partition coefficient (Wildman–Crippen LogP) is 1.87. The highest BCUT2D eigenvalue weighted by Crippen LogP contribution is 2.20. The quantitative estimate of drug-likeness (QED) is 0.878. The molecule has 5 nitrogen and oxygen atoms in total. The van der Waals surface area contributed by atoms with Crippen molar-refractivity contribution in [2.45, 2.75) is 13.0 Å². The highest BCUT2D eigenvalue weighted by Gasteiger charge is 2.11. The van der Waals surface area contributed by atoms with Crippen molar-refractivity contribution in [2.75, 3.05) is 19.0 Å². The second-order valence-electron chi connectivity index (χ2n) is 4.48. The second kappa shape index (κ2) is 5.24.